The Morgan fingerprint density at radius 1 is 1.04 bits per heavy atom. The van der Waals surface area contributed by atoms with Gasteiger partial charge in [-0.05, 0) is 24.3 Å². The van der Waals surface area contributed by atoms with E-state index in [0.717, 1.165) is 5.69 Å². The van der Waals surface area contributed by atoms with Crippen molar-refractivity contribution in [3.63, 3.8) is 0 Å². The number of nitrogens with zero attached hydrogens (tertiary/aromatic N) is 3. The van der Waals surface area contributed by atoms with Crippen molar-refractivity contribution in [2.24, 2.45) is 0 Å². The molecule has 7 heteroatoms. The Kier molecular flexibility index (Phi) is 3.59. The Morgan fingerprint density at radius 2 is 1.83 bits per heavy atom. The Labute approximate surface area is 137 Å². The number of rotatable bonds is 3. The first-order valence-corrected chi connectivity index (χ1v) is 7.48. The SMILES string of the molecule is O=C(Nc1ccccc1)c1cn(-c2ccc3c(c2)OCCO3)nn1. The van der Waals surface area contributed by atoms with Gasteiger partial charge in [-0.25, -0.2) is 4.68 Å². The third-order valence-corrected chi connectivity index (χ3v) is 3.55. The lowest BCUT2D eigenvalue weighted by Crippen LogP contribution is -2.15. The number of hydrogen-bond acceptors (Lipinski definition) is 5. The number of amides is 1. The summed E-state index contributed by atoms with van der Waals surface area (Å²) in [4.78, 5) is 12.2. The standard InChI is InChI=1S/C17H14N4O3/c22-17(18-12-4-2-1-3-5-12)14-11-21(20-19-14)13-6-7-15-16(10-13)24-9-8-23-15/h1-7,10-11H,8-9H2,(H,18,22). The molecule has 0 aliphatic carbocycles. The number of aromatic nitrogens is 3. The van der Waals surface area contributed by atoms with Gasteiger partial charge in [0.1, 0.15) is 13.2 Å². The van der Waals surface area contributed by atoms with Gasteiger partial charge in [0.15, 0.2) is 17.2 Å². The molecule has 0 bridgehead atoms. The van der Waals surface area contributed by atoms with Crippen LogP contribution in [0.4, 0.5) is 5.69 Å². The Morgan fingerprint density at radius 3 is 2.67 bits per heavy atom. The van der Waals surface area contributed by atoms with Crippen LogP contribution in [0.2, 0.25) is 0 Å². The lowest BCUT2D eigenvalue weighted by Gasteiger charge is -2.18. The summed E-state index contributed by atoms with van der Waals surface area (Å²) in [6.07, 6.45) is 1.57. The van der Waals surface area contributed by atoms with Gasteiger partial charge in [-0.15, -0.1) is 5.10 Å². The molecule has 0 spiro atoms. The van der Waals surface area contributed by atoms with E-state index >= 15 is 0 Å². The number of fused-ring (bicyclic) bond motifs is 1. The second-order valence-electron chi connectivity index (χ2n) is 5.20. The van der Waals surface area contributed by atoms with Crippen LogP contribution >= 0.6 is 0 Å². The molecule has 2 heterocycles. The van der Waals surface area contributed by atoms with Gasteiger partial charge in [-0.3, -0.25) is 4.79 Å². The average molecular weight is 322 g/mol. The van der Waals surface area contributed by atoms with Crippen LogP contribution in [0.3, 0.4) is 0 Å². The molecular formula is C17H14N4O3. The van der Waals surface area contributed by atoms with E-state index in [1.165, 1.54) is 4.68 Å². The fraction of sp³-hybridized carbons (Fsp3) is 0.118. The first-order chi connectivity index (χ1) is 11.8. The number of carbonyl (C=O) groups excluding carboxylic acids is 1. The lowest BCUT2D eigenvalue weighted by molar-refractivity contribution is 0.102. The van der Waals surface area contributed by atoms with Gasteiger partial charge < -0.3 is 14.8 Å². The van der Waals surface area contributed by atoms with Gasteiger partial charge in [0.25, 0.3) is 5.91 Å². The highest BCUT2D eigenvalue weighted by molar-refractivity contribution is 6.02. The number of benzene rings is 2. The average Bonchev–Trinajstić information content (AvgIpc) is 3.12. The largest absolute Gasteiger partial charge is 0.486 e. The van der Waals surface area contributed by atoms with Crippen LogP contribution in [-0.2, 0) is 0 Å². The van der Waals surface area contributed by atoms with Crippen molar-refractivity contribution < 1.29 is 14.3 Å². The number of hydrogen-bond donors (Lipinski definition) is 1. The first kappa shape index (κ1) is 14.3. The molecule has 4 rings (SSSR count). The molecule has 0 radical (unpaired) electrons. The molecule has 1 N–H and O–H groups in total. The maximum Gasteiger partial charge on any atom is 0.277 e. The fourth-order valence-corrected chi connectivity index (χ4v) is 2.39. The van der Waals surface area contributed by atoms with E-state index in [-0.39, 0.29) is 11.6 Å². The molecule has 0 saturated carbocycles. The number of para-hydroxylation sites is 1. The second-order valence-corrected chi connectivity index (χ2v) is 5.20. The zero-order valence-electron chi connectivity index (χ0n) is 12.7. The highest BCUT2D eigenvalue weighted by atomic mass is 16.6. The summed E-state index contributed by atoms with van der Waals surface area (Å²) < 4.78 is 12.6. The normalized spacial score (nSPS) is 12.7. The molecule has 120 valence electrons. The van der Waals surface area contributed by atoms with Gasteiger partial charge >= 0.3 is 0 Å². The molecule has 7 nitrogen and oxygen atoms in total. The van der Waals surface area contributed by atoms with E-state index in [1.54, 1.807) is 6.20 Å². The predicted molar refractivity (Wildman–Crippen MR) is 86.7 cm³/mol. The second kappa shape index (κ2) is 6.04. The Hall–Kier alpha value is -3.35. The van der Waals surface area contributed by atoms with Crippen molar-refractivity contribution >= 4 is 11.6 Å². The van der Waals surface area contributed by atoms with Crippen LogP contribution < -0.4 is 14.8 Å². The van der Waals surface area contributed by atoms with Gasteiger partial charge in [0.05, 0.1) is 11.9 Å². The third-order valence-electron chi connectivity index (χ3n) is 3.55. The first-order valence-electron chi connectivity index (χ1n) is 7.48. The molecule has 1 aromatic heterocycles. The fourth-order valence-electron chi connectivity index (χ4n) is 2.39. The van der Waals surface area contributed by atoms with Crippen molar-refractivity contribution in [2.45, 2.75) is 0 Å². The number of nitrogens with one attached hydrogen (secondary N) is 1. The summed E-state index contributed by atoms with van der Waals surface area (Å²) in [6.45, 7) is 1.05. The van der Waals surface area contributed by atoms with E-state index in [4.69, 9.17) is 9.47 Å². The highest BCUT2D eigenvalue weighted by Crippen LogP contribution is 2.31. The molecule has 1 aliphatic heterocycles. The Bertz CT molecular complexity index is 877. The molecule has 0 unspecified atom stereocenters. The van der Waals surface area contributed by atoms with Crippen molar-refractivity contribution in [3.8, 4) is 17.2 Å². The maximum atomic E-state index is 12.2. The molecular weight excluding hydrogens is 308 g/mol. The summed E-state index contributed by atoms with van der Waals surface area (Å²) in [7, 11) is 0. The van der Waals surface area contributed by atoms with E-state index in [1.807, 2.05) is 48.5 Å². The number of ether oxygens (including phenoxy) is 2. The molecule has 1 aliphatic rings. The van der Waals surface area contributed by atoms with Crippen molar-refractivity contribution in [3.05, 3.63) is 60.4 Å². The summed E-state index contributed by atoms with van der Waals surface area (Å²) in [5.74, 6) is 1.04. The summed E-state index contributed by atoms with van der Waals surface area (Å²) >= 11 is 0. The molecule has 24 heavy (non-hydrogen) atoms. The zero-order valence-corrected chi connectivity index (χ0v) is 12.7. The number of carbonyl (C=O) groups is 1. The van der Waals surface area contributed by atoms with Gasteiger partial charge in [-0.2, -0.15) is 0 Å². The van der Waals surface area contributed by atoms with Crippen LogP contribution in [-0.4, -0.2) is 34.1 Å². The third kappa shape index (κ3) is 2.79. The van der Waals surface area contributed by atoms with Crippen LogP contribution in [0.5, 0.6) is 11.5 Å². The van der Waals surface area contributed by atoms with Crippen LogP contribution in [0.1, 0.15) is 10.5 Å². The molecule has 0 atom stereocenters. The smallest absolute Gasteiger partial charge is 0.277 e. The molecule has 1 amide bonds. The van der Waals surface area contributed by atoms with E-state index in [2.05, 4.69) is 15.6 Å². The van der Waals surface area contributed by atoms with Crippen LogP contribution in [0.15, 0.2) is 54.7 Å². The minimum atomic E-state index is -0.315. The summed E-state index contributed by atoms with van der Waals surface area (Å²) in [5.41, 5.74) is 1.68. The molecule has 0 saturated heterocycles. The van der Waals surface area contributed by atoms with Gasteiger partial charge in [0.2, 0.25) is 0 Å². The molecule has 0 fully saturated rings. The topological polar surface area (TPSA) is 78.3 Å². The van der Waals surface area contributed by atoms with E-state index in [0.29, 0.717) is 30.4 Å². The van der Waals surface area contributed by atoms with E-state index < -0.39 is 0 Å². The zero-order chi connectivity index (χ0) is 16.4. The van der Waals surface area contributed by atoms with Crippen molar-refractivity contribution in [1.82, 2.24) is 15.0 Å². The summed E-state index contributed by atoms with van der Waals surface area (Å²) in [5, 5.41) is 10.7. The summed E-state index contributed by atoms with van der Waals surface area (Å²) in [6, 6.07) is 14.7. The molecule has 3 aromatic rings. The highest BCUT2D eigenvalue weighted by Gasteiger charge is 2.15. The number of anilines is 1. The minimum Gasteiger partial charge on any atom is -0.486 e. The predicted octanol–water partition coefficient (Wildman–Crippen LogP) is 2.29. The monoisotopic (exact) mass is 322 g/mol. The van der Waals surface area contributed by atoms with Gasteiger partial charge in [0, 0.05) is 11.8 Å². The lowest BCUT2D eigenvalue weighted by atomic mass is 10.2. The van der Waals surface area contributed by atoms with E-state index in [9.17, 15) is 4.79 Å². The van der Waals surface area contributed by atoms with Crippen LogP contribution in [0, 0.1) is 0 Å². The van der Waals surface area contributed by atoms with Crippen LogP contribution in [0.25, 0.3) is 5.69 Å². The minimum absolute atomic E-state index is 0.230. The van der Waals surface area contributed by atoms with Crippen molar-refractivity contribution in [2.75, 3.05) is 18.5 Å². The Balaban J connectivity index is 1.55. The quantitative estimate of drug-likeness (QED) is 0.800. The maximum absolute atomic E-state index is 12.2. The molecule has 2 aromatic carbocycles. The van der Waals surface area contributed by atoms with Crippen molar-refractivity contribution in [1.29, 1.82) is 0 Å². The van der Waals surface area contributed by atoms with Gasteiger partial charge in [-0.1, -0.05) is 23.4 Å².